The number of halogens is 2. The second-order valence-electron chi connectivity index (χ2n) is 8.61. The molecule has 3 aromatic heterocycles. The molecule has 8 nitrogen and oxygen atoms in total. The minimum atomic E-state index is -4.26. The van der Waals surface area contributed by atoms with E-state index in [-0.39, 0.29) is 34.0 Å². The van der Waals surface area contributed by atoms with Gasteiger partial charge in [0.1, 0.15) is 17.3 Å². The lowest BCUT2D eigenvalue weighted by Crippen LogP contribution is -2.27. The third-order valence-corrected chi connectivity index (χ3v) is 6.87. The summed E-state index contributed by atoms with van der Waals surface area (Å²) in [6, 6.07) is 6.34. The molecule has 36 heavy (non-hydrogen) atoms. The van der Waals surface area contributed by atoms with E-state index in [4.69, 9.17) is 4.74 Å². The number of fused-ring (bicyclic) bond motifs is 1. The van der Waals surface area contributed by atoms with Gasteiger partial charge in [0, 0.05) is 12.5 Å². The van der Waals surface area contributed by atoms with Crippen molar-refractivity contribution in [3.63, 3.8) is 0 Å². The van der Waals surface area contributed by atoms with Crippen molar-refractivity contribution in [3.05, 3.63) is 69.8 Å². The van der Waals surface area contributed by atoms with Crippen molar-refractivity contribution in [1.29, 1.82) is 0 Å². The van der Waals surface area contributed by atoms with Gasteiger partial charge in [-0.25, -0.2) is 22.2 Å². The average molecular weight is 516 g/mol. The van der Waals surface area contributed by atoms with Crippen LogP contribution < -0.4 is 10.3 Å². The largest absolute Gasteiger partial charge is 0.506 e. The molecule has 0 bridgehead atoms. The van der Waals surface area contributed by atoms with Crippen LogP contribution in [-0.4, -0.2) is 41.4 Å². The van der Waals surface area contributed by atoms with Crippen LogP contribution in [0.25, 0.3) is 28.0 Å². The Morgan fingerprint density at radius 3 is 2.44 bits per heavy atom. The summed E-state index contributed by atoms with van der Waals surface area (Å²) >= 11 is 0. The topological polar surface area (TPSA) is 111 Å². The fraction of sp³-hybridized carbons (Fsp3) is 0.240. The van der Waals surface area contributed by atoms with Crippen molar-refractivity contribution in [3.8, 4) is 28.4 Å². The molecule has 0 spiro atoms. The van der Waals surface area contributed by atoms with Gasteiger partial charge in [-0.1, -0.05) is 19.9 Å². The van der Waals surface area contributed by atoms with E-state index in [0.29, 0.717) is 11.3 Å². The minimum absolute atomic E-state index is 0.00736. The van der Waals surface area contributed by atoms with Gasteiger partial charge in [-0.2, -0.15) is 0 Å². The molecule has 1 aromatic carbocycles. The van der Waals surface area contributed by atoms with E-state index in [0.717, 1.165) is 23.0 Å². The zero-order chi connectivity index (χ0) is 26.5. The van der Waals surface area contributed by atoms with Gasteiger partial charge < -0.3 is 9.84 Å². The number of hydrogen-bond acceptors (Lipinski definition) is 7. The summed E-state index contributed by atoms with van der Waals surface area (Å²) in [7, 11) is -2.98. The number of methoxy groups -OCH3 is 1. The molecule has 11 heteroatoms. The van der Waals surface area contributed by atoms with Gasteiger partial charge in [-0.15, -0.1) is 0 Å². The van der Waals surface area contributed by atoms with Crippen LogP contribution in [0.1, 0.15) is 31.0 Å². The fourth-order valence-corrected chi connectivity index (χ4v) is 5.02. The predicted molar refractivity (Wildman–Crippen MR) is 131 cm³/mol. The smallest absolute Gasteiger partial charge is 0.279 e. The van der Waals surface area contributed by atoms with Crippen LogP contribution in [0.15, 0.2) is 46.2 Å². The van der Waals surface area contributed by atoms with Crippen LogP contribution in [-0.2, 0) is 9.84 Å². The molecule has 0 unspecified atom stereocenters. The highest BCUT2D eigenvalue weighted by Crippen LogP contribution is 2.38. The van der Waals surface area contributed by atoms with Crippen molar-refractivity contribution >= 4 is 20.9 Å². The number of nitrogens with zero attached hydrogens (tertiary/aromatic N) is 3. The summed E-state index contributed by atoms with van der Waals surface area (Å²) in [5.41, 5.74) is -0.909. The fourth-order valence-electron chi connectivity index (χ4n) is 4.15. The van der Waals surface area contributed by atoms with Gasteiger partial charge in [0.25, 0.3) is 5.56 Å². The summed E-state index contributed by atoms with van der Waals surface area (Å²) in [5.74, 6) is -3.04. The van der Waals surface area contributed by atoms with Gasteiger partial charge in [0.2, 0.25) is 0 Å². The van der Waals surface area contributed by atoms with E-state index < -0.39 is 43.4 Å². The highest BCUT2D eigenvalue weighted by Gasteiger charge is 2.29. The Bertz CT molecular complexity index is 1700. The van der Waals surface area contributed by atoms with Gasteiger partial charge in [-0.3, -0.25) is 14.3 Å². The molecule has 0 fully saturated rings. The molecule has 188 valence electrons. The van der Waals surface area contributed by atoms with Crippen LogP contribution in [0.2, 0.25) is 0 Å². The molecule has 0 aliphatic heterocycles. The minimum Gasteiger partial charge on any atom is -0.506 e. The SMILES string of the molecule is COc1cccc(F)c1-c1nc2c(cc1F)c(O)c(S(C)(=O)=O)c(=O)n2-c1c(C)ccnc1C(C)C. The van der Waals surface area contributed by atoms with Crippen LogP contribution in [0.4, 0.5) is 8.78 Å². The number of aryl methyl sites for hydroxylation is 1. The number of benzene rings is 1. The van der Waals surface area contributed by atoms with Gasteiger partial charge >= 0.3 is 0 Å². The Kier molecular flexibility index (Phi) is 6.29. The van der Waals surface area contributed by atoms with Crippen molar-refractivity contribution in [1.82, 2.24) is 14.5 Å². The molecule has 0 atom stereocenters. The molecular weight excluding hydrogens is 492 g/mol. The number of pyridine rings is 3. The highest BCUT2D eigenvalue weighted by molar-refractivity contribution is 7.90. The number of ether oxygens (including phenoxy) is 1. The number of aromatic hydroxyl groups is 1. The van der Waals surface area contributed by atoms with Crippen molar-refractivity contribution in [2.75, 3.05) is 13.4 Å². The molecule has 0 radical (unpaired) electrons. The maximum atomic E-state index is 15.4. The molecule has 4 aromatic rings. The van der Waals surface area contributed by atoms with E-state index in [2.05, 4.69) is 9.97 Å². The van der Waals surface area contributed by atoms with E-state index in [1.54, 1.807) is 19.2 Å². The van der Waals surface area contributed by atoms with Gasteiger partial charge in [-0.05, 0) is 42.7 Å². The molecule has 4 rings (SSSR count). The quantitative estimate of drug-likeness (QED) is 0.422. The maximum absolute atomic E-state index is 15.4. The molecule has 0 aliphatic rings. The van der Waals surface area contributed by atoms with E-state index in [1.165, 1.54) is 19.2 Å². The Balaban J connectivity index is 2.30. The molecule has 0 amide bonds. The first kappa shape index (κ1) is 25.2. The third kappa shape index (κ3) is 3.98. The lowest BCUT2D eigenvalue weighted by molar-refractivity contribution is 0.413. The maximum Gasteiger partial charge on any atom is 0.279 e. The second-order valence-corrected chi connectivity index (χ2v) is 10.6. The first-order valence-corrected chi connectivity index (χ1v) is 12.7. The number of sulfone groups is 1. The monoisotopic (exact) mass is 515 g/mol. The van der Waals surface area contributed by atoms with E-state index in [9.17, 15) is 22.7 Å². The molecule has 3 heterocycles. The van der Waals surface area contributed by atoms with Crippen molar-refractivity contribution in [2.24, 2.45) is 0 Å². The number of hydrogen-bond donors (Lipinski definition) is 1. The average Bonchev–Trinajstić information content (AvgIpc) is 2.79. The highest BCUT2D eigenvalue weighted by atomic mass is 32.2. The lowest BCUT2D eigenvalue weighted by atomic mass is 10.0. The van der Waals surface area contributed by atoms with Gasteiger partial charge in [0.15, 0.2) is 31.9 Å². The Labute approximate surface area is 205 Å². The van der Waals surface area contributed by atoms with Crippen molar-refractivity contribution < 1.29 is 27.0 Å². The first-order valence-electron chi connectivity index (χ1n) is 10.9. The molecule has 0 saturated heterocycles. The number of rotatable bonds is 5. The predicted octanol–water partition coefficient (Wildman–Crippen LogP) is 4.28. The first-order chi connectivity index (χ1) is 16.9. The molecule has 0 saturated carbocycles. The van der Waals surface area contributed by atoms with Gasteiger partial charge in [0.05, 0.1) is 29.4 Å². The van der Waals surface area contributed by atoms with Crippen molar-refractivity contribution in [2.45, 2.75) is 31.6 Å². The molecule has 0 aliphatic carbocycles. The zero-order valence-corrected chi connectivity index (χ0v) is 20.9. The summed E-state index contributed by atoms with van der Waals surface area (Å²) < 4.78 is 61.5. The van der Waals surface area contributed by atoms with E-state index in [1.807, 2.05) is 13.8 Å². The van der Waals surface area contributed by atoms with E-state index >= 15 is 4.39 Å². The van der Waals surface area contributed by atoms with Crippen LogP contribution in [0.3, 0.4) is 0 Å². The Morgan fingerprint density at radius 1 is 1.14 bits per heavy atom. The summed E-state index contributed by atoms with van der Waals surface area (Å²) in [6.45, 7) is 5.36. The summed E-state index contributed by atoms with van der Waals surface area (Å²) in [4.78, 5) is 21.4. The standard InChI is InChI=1S/C25H23F2N3O5S/c1-12(2)19-21(13(3)9-10-28-19)30-24-14(22(31)23(25(30)32)36(5,33)34)11-16(27)20(29-24)18-15(26)7-6-8-17(18)35-4/h6-12,31H,1-5H3. The van der Waals surface area contributed by atoms with Crippen LogP contribution in [0, 0.1) is 18.6 Å². The summed E-state index contributed by atoms with van der Waals surface area (Å²) in [5, 5.41) is 10.5. The Hall–Kier alpha value is -3.86. The van der Waals surface area contributed by atoms with Crippen LogP contribution >= 0.6 is 0 Å². The number of aromatic nitrogens is 3. The zero-order valence-electron chi connectivity index (χ0n) is 20.1. The summed E-state index contributed by atoms with van der Waals surface area (Å²) in [6.07, 6.45) is 2.31. The Morgan fingerprint density at radius 2 is 1.83 bits per heavy atom. The molecule has 1 N–H and O–H groups in total. The normalized spacial score (nSPS) is 11.9. The third-order valence-electron chi connectivity index (χ3n) is 5.76. The lowest BCUT2D eigenvalue weighted by Gasteiger charge is -2.20. The molecular formula is C25H23F2N3O5S. The second kappa shape index (κ2) is 8.98. The van der Waals surface area contributed by atoms with Crippen LogP contribution in [0.5, 0.6) is 11.5 Å².